The molecule has 0 bridgehead atoms. The first-order valence-electron chi connectivity index (χ1n) is 15.5. The largest absolute Gasteiger partial charge is 0.416 e. The zero-order valence-corrected chi connectivity index (χ0v) is 26.1. The number of rotatable bonds is 12. The number of methoxy groups -OCH3 is 1. The number of amides is 1. The van der Waals surface area contributed by atoms with E-state index < -0.39 is 28.9 Å². The Morgan fingerprint density at radius 1 is 0.891 bits per heavy atom. The summed E-state index contributed by atoms with van der Waals surface area (Å²) < 4.78 is 72.1. The van der Waals surface area contributed by atoms with Crippen molar-refractivity contribution < 1.29 is 31.5 Å². The molecule has 3 aromatic rings. The van der Waals surface area contributed by atoms with Gasteiger partial charge in [-0.05, 0) is 105 Å². The summed E-state index contributed by atoms with van der Waals surface area (Å²) in [6, 6.07) is 16.9. The number of hydrogen-bond donors (Lipinski definition) is 0. The summed E-state index contributed by atoms with van der Waals surface area (Å²) in [7, 11) is 3.54. The molecule has 2 aliphatic rings. The van der Waals surface area contributed by atoms with Gasteiger partial charge in [-0.15, -0.1) is 0 Å². The first-order valence-corrected chi connectivity index (χ1v) is 15.5. The van der Waals surface area contributed by atoms with E-state index in [1.807, 2.05) is 11.9 Å². The molecule has 0 saturated carbocycles. The minimum absolute atomic E-state index is 0.201. The lowest BCUT2D eigenvalue weighted by molar-refractivity contribution is -0.137. The van der Waals surface area contributed by atoms with Gasteiger partial charge in [0.25, 0.3) is 5.91 Å². The van der Waals surface area contributed by atoms with E-state index in [1.165, 1.54) is 24.3 Å². The Hall–Kier alpha value is -3.67. The molecule has 46 heavy (non-hydrogen) atoms. The van der Waals surface area contributed by atoms with Gasteiger partial charge in [-0.25, -0.2) is 13.8 Å². The molecule has 2 heterocycles. The molecule has 0 spiro atoms. The van der Waals surface area contributed by atoms with Gasteiger partial charge < -0.3 is 9.64 Å². The van der Waals surface area contributed by atoms with Gasteiger partial charge in [0.1, 0.15) is 17.5 Å². The smallest absolute Gasteiger partial charge is 0.383 e. The molecule has 0 N–H and O–H groups in total. The molecule has 0 radical (unpaired) electrons. The maximum atomic E-state index is 14.5. The van der Waals surface area contributed by atoms with E-state index in [-0.39, 0.29) is 11.8 Å². The standard InChI is InChI=1S/C35H39F5N4O2/c1-42(22-23-46-2)24-32-41-34(27-8-12-30(36)13-9-27,28-10-14-31(37)15-11-28)33(45)44(32)19-3-18-43-20-16-26(17-21-43)25-4-6-29(7-5-25)35(38,39)40/h4-15,26H,3,16-24H2,1-2H3. The van der Waals surface area contributed by atoms with Crippen molar-refractivity contribution in [1.29, 1.82) is 0 Å². The molecular formula is C35H39F5N4O2. The van der Waals surface area contributed by atoms with E-state index >= 15 is 0 Å². The van der Waals surface area contributed by atoms with E-state index in [1.54, 1.807) is 48.4 Å². The van der Waals surface area contributed by atoms with Crippen molar-refractivity contribution in [2.45, 2.75) is 36.9 Å². The van der Waals surface area contributed by atoms with Crippen molar-refractivity contribution in [3.63, 3.8) is 0 Å². The predicted octanol–water partition coefficient (Wildman–Crippen LogP) is 6.32. The van der Waals surface area contributed by atoms with Gasteiger partial charge in [0.05, 0.1) is 18.7 Å². The number of ether oxygens (including phenoxy) is 1. The minimum Gasteiger partial charge on any atom is -0.383 e. The van der Waals surface area contributed by atoms with E-state index in [0.717, 1.165) is 50.2 Å². The zero-order chi connectivity index (χ0) is 32.9. The second-order valence-corrected chi connectivity index (χ2v) is 12.0. The van der Waals surface area contributed by atoms with Crippen molar-refractivity contribution in [2.75, 3.05) is 60.0 Å². The zero-order valence-electron chi connectivity index (χ0n) is 26.1. The molecule has 1 fully saturated rings. The Morgan fingerprint density at radius 3 is 1.98 bits per heavy atom. The summed E-state index contributed by atoms with van der Waals surface area (Å²) in [5, 5.41) is 0. The lowest BCUT2D eigenvalue weighted by Gasteiger charge is -2.33. The summed E-state index contributed by atoms with van der Waals surface area (Å²) in [4.78, 5) is 25.5. The fourth-order valence-corrected chi connectivity index (χ4v) is 6.34. The van der Waals surface area contributed by atoms with Gasteiger partial charge in [-0.3, -0.25) is 14.6 Å². The van der Waals surface area contributed by atoms with E-state index in [4.69, 9.17) is 9.73 Å². The molecule has 2 aliphatic heterocycles. The summed E-state index contributed by atoms with van der Waals surface area (Å²) in [6.45, 7) is 4.23. The van der Waals surface area contributed by atoms with Crippen molar-refractivity contribution in [3.05, 3.63) is 107 Å². The second kappa shape index (κ2) is 14.4. The highest BCUT2D eigenvalue weighted by atomic mass is 19.4. The SMILES string of the molecule is COCCN(C)CC1=NC(c2ccc(F)cc2)(c2ccc(F)cc2)C(=O)N1CCCN1CCC(c2ccc(C(F)(F)F)cc2)CC1. The fourth-order valence-electron chi connectivity index (χ4n) is 6.34. The Balaban J connectivity index is 1.30. The molecular weight excluding hydrogens is 603 g/mol. The fraction of sp³-hybridized carbons (Fsp3) is 0.429. The number of nitrogens with zero attached hydrogens (tertiary/aromatic N) is 4. The van der Waals surface area contributed by atoms with Gasteiger partial charge in [-0.1, -0.05) is 36.4 Å². The van der Waals surface area contributed by atoms with E-state index in [2.05, 4.69) is 4.90 Å². The lowest BCUT2D eigenvalue weighted by atomic mass is 9.82. The average Bonchev–Trinajstić information content (AvgIpc) is 3.31. The van der Waals surface area contributed by atoms with Crippen LogP contribution in [-0.2, 0) is 21.2 Å². The number of likely N-dealkylation sites (tertiary alicyclic amines) is 1. The minimum atomic E-state index is -4.35. The van der Waals surface area contributed by atoms with Crippen LogP contribution in [0.3, 0.4) is 0 Å². The molecule has 0 unspecified atom stereocenters. The van der Waals surface area contributed by atoms with Crippen LogP contribution < -0.4 is 0 Å². The number of halogens is 5. The molecule has 0 aromatic heterocycles. The molecule has 6 nitrogen and oxygen atoms in total. The number of carbonyl (C=O) groups is 1. The van der Waals surface area contributed by atoms with Crippen LogP contribution in [0.1, 0.15) is 47.4 Å². The third-order valence-electron chi connectivity index (χ3n) is 8.93. The van der Waals surface area contributed by atoms with Gasteiger partial charge in [-0.2, -0.15) is 13.2 Å². The van der Waals surface area contributed by atoms with Gasteiger partial charge in [0.15, 0.2) is 5.54 Å². The molecule has 246 valence electrons. The van der Waals surface area contributed by atoms with Crippen LogP contribution in [0.5, 0.6) is 0 Å². The predicted molar refractivity (Wildman–Crippen MR) is 167 cm³/mol. The van der Waals surface area contributed by atoms with Crippen LogP contribution in [-0.4, -0.2) is 86.5 Å². The first-order chi connectivity index (χ1) is 22.0. The monoisotopic (exact) mass is 642 g/mol. The highest BCUT2D eigenvalue weighted by Gasteiger charge is 2.51. The van der Waals surface area contributed by atoms with Crippen LogP contribution in [0.15, 0.2) is 77.8 Å². The summed E-state index contributed by atoms with van der Waals surface area (Å²) in [5.74, 6) is -0.385. The lowest BCUT2D eigenvalue weighted by Crippen LogP contribution is -2.45. The van der Waals surface area contributed by atoms with Crippen LogP contribution in [0, 0.1) is 11.6 Å². The highest BCUT2D eigenvalue weighted by Crippen LogP contribution is 2.41. The summed E-state index contributed by atoms with van der Waals surface area (Å²) in [6.07, 6.45) is -2.01. The number of piperidine rings is 1. The van der Waals surface area contributed by atoms with E-state index in [9.17, 15) is 26.7 Å². The summed E-state index contributed by atoms with van der Waals surface area (Å²) in [5.41, 5.74) is -0.211. The number of carbonyl (C=O) groups excluding carboxylic acids is 1. The molecule has 0 atom stereocenters. The topological polar surface area (TPSA) is 48.4 Å². The quantitative estimate of drug-likeness (QED) is 0.217. The van der Waals surface area contributed by atoms with E-state index in [0.29, 0.717) is 49.6 Å². The van der Waals surface area contributed by atoms with Crippen molar-refractivity contribution in [3.8, 4) is 0 Å². The average molecular weight is 643 g/mol. The molecule has 1 saturated heterocycles. The van der Waals surface area contributed by atoms with Crippen LogP contribution in [0.4, 0.5) is 22.0 Å². The van der Waals surface area contributed by atoms with Gasteiger partial charge >= 0.3 is 6.18 Å². The number of alkyl halides is 3. The Morgan fingerprint density at radius 2 is 1.46 bits per heavy atom. The third kappa shape index (κ3) is 7.48. The maximum absolute atomic E-state index is 14.5. The number of hydrogen-bond acceptors (Lipinski definition) is 5. The normalized spacial score (nSPS) is 17.6. The van der Waals surface area contributed by atoms with Crippen molar-refractivity contribution >= 4 is 11.7 Å². The van der Waals surface area contributed by atoms with Gasteiger partial charge in [0, 0.05) is 20.2 Å². The second-order valence-electron chi connectivity index (χ2n) is 12.0. The highest BCUT2D eigenvalue weighted by molar-refractivity contribution is 6.11. The third-order valence-corrected chi connectivity index (χ3v) is 8.93. The Labute approximate surface area is 266 Å². The number of amidine groups is 1. The molecule has 3 aromatic carbocycles. The van der Waals surface area contributed by atoms with Gasteiger partial charge in [0.2, 0.25) is 0 Å². The van der Waals surface area contributed by atoms with Crippen molar-refractivity contribution in [2.24, 2.45) is 4.99 Å². The Kier molecular flexibility index (Phi) is 10.5. The van der Waals surface area contributed by atoms with Crippen LogP contribution in [0.25, 0.3) is 0 Å². The van der Waals surface area contributed by atoms with Crippen molar-refractivity contribution in [1.82, 2.24) is 14.7 Å². The van der Waals surface area contributed by atoms with Crippen LogP contribution >= 0.6 is 0 Å². The van der Waals surface area contributed by atoms with Crippen LogP contribution in [0.2, 0.25) is 0 Å². The number of benzene rings is 3. The molecule has 1 amide bonds. The first kappa shape index (κ1) is 33.7. The molecule has 5 rings (SSSR count). The Bertz CT molecular complexity index is 1440. The summed E-state index contributed by atoms with van der Waals surface area (Å²) >= 11 is 0. The number of likely N-dealkylation sites (N-methyl/N-ethyl adjacent to an activating group) is 1. The molecule has 0 aliphatic carbocycles. The number of aliphatic imine (C=N–C) groups is 1. The molecule has 11 heteroatoms. The maximum Gasteiger partial charge on any atom is 0.416 e.